The number of phenols is 2. The van der Waals surface area contributed by atoms with Crippen molar-refractivity contribution in [3.05, 3.63) is 46.5 Å². The van der Waals surface area contributed by atoms with Gasteiger partial charge in [0.25, 0.3) is 0 Å². The smallest absolute Gasteiger partial charge is 0.407 e. The molecule has 2 aliphatic carbocycles. The van der Waals surface area contributed by atoms with E-state index in [1.807, 2.05) is 0 Å². The fourth-order valence-corrected chi connectivity index (χ4v) is 4.77. The molecule has 0 aliphatic heterocycles. The second-order valence-electron chi connectivity index (χ2n) is 10.2. The highest BCUT2D eigenvalue weighted by atomic mass is 16.6. The fourth-order valence-electron chi connectivity index (χ4n) is 4.77. The van der Waals surface area contributed by atoms with Crippen LogP contribution >= 0.6 is 0 Å². The van der Waals surface area contributed by atoms with Crippen LogP contribution in [0.4, 0.5) is 4.79 Å². The molecule has 2 aliphatic rings. The van der Waals surface area contributed by atoms with E-state index in [2.05, 4.69) is 10.3 Å². The number of aromatic hydroxyl groups is 2. The number of nitrogens with zero attached hydrogens (tertiary/aromatic N) is 1. The predicted molar refractivity (Wildman–Crippen MR) is 133 cm³/mol. The van der Waals surface area contributed by atoms with Crippen molar-refractivity contribution in [3.8, 4) is 11.5 Å². The number of nitrogens with one attached hydrogen (secondary N) is 1. The quantitative estimate of drug-likeness (QED) is 0.256. The largest absolute Gasteiger partial charge is 0.507 e. The van der Waals surface area contributed by atoms with Gasteiger partial charge in [-0.2, -0.15) is 0 Å². The maximum Gasteiger partial charge on any atom is 0.407 e. The topological polar surface area (TPSA) is 142 Å². The summed E-state index contributed by atoms with van der Waals surface area (Å²) in [5.41, 5.74) is -0.781. The molecule has 0 aromatic heterocycles. The van der Waals surface area contributed by atoms with Gasteiger partial charge in [0.1, 0.15) is 17.1 Å². The molecule has 188 valence electrons. The Balaban J connectivity index is 1.70. The molecule has 36 heavy (non-hydrogen) atoms. The zero-order valence-corrected chi connectivity index (χ0v) is 20.6. The summed E-state index contributed by atoms with van der Waals surface area (Å²) < 4.78 is 5.16. The number of Topliss-reactive ketones (excluding diaryl/α,β-unsaturated/α-hetero) is 3. The second-order valence-corrected chi connectivity index (χ2v) is 10.2. The molecule has 0 fully saturated rings. The Morgan fingerprint density at radius 3 is 2.39 bits per heavy atom. The van der Waals surface area contributed by atoms with Crippen LogP contribution in [-0.4, -0.2) is 58.6 Å². The van der Waals surface area contributed by atoms with Crippen LogP contribution in [0.2, 0.25) is 0 Å². The standard InChI is InChI=1S/C27H28N2O7/c1-26(2,3)36-25(35)29-10-9-28-13-17-21(32)7-8-27(4)18-12-15-14(19(30)5-6-20(15)31)11-16(18)23(33)24(34)22(17)27/h5-6,11-13,30-31H,7-10H2,1-4H3,(H,29,35)/t27-/m0/s1. The lowest BCUT2D eigenvalue weighted by Gasteiger charge is -2.40. The van der Waals surface area contributed by atoms with Crippen molar-refractivity contribution in [1.29, 1.82) is 0 Å². The number of allylic oxidation sites excluding steroid dienone is 2. The first-order chi connectivity index (χ1) is 16.8. The summed E-state index contributed by atoms with van der Waals surface area (Å²) in [5, 5.41) is 23.8. The van der Waals surface area contributed by atoms with Crippen molar-refractivity contribution in [2.75, 3.05) is 13.1 Å². The number of hydrogen-bond donors (Lipinski definition) is 3. The van der Waals surface area contributed by atoms with Gasteiger partial charge in [-0.25, -0.2) is 4.79 Å². The molecule has 1 amide bonds. The summed E-state index contributed by atoms with van der Waals surface area (Å²) in [7, 11) is 0. The van der Waals surface area contributed by atoms with Crippen LogP contribution in [0.5, 0.6) is 11.5 Å². The molecule has 1 atom stereocenters. The molecule has 0 unspecified atom stereocenters. The molecule has 0 heterocycles. The van der Waals surface area contributed by atoms with E-state index in [1.165, 1.54) is 24.4 Å². The summed E-state index contributed by atoms with van der Waals surface area (Å²) in [6, 6.07) is 5.71. The molecule has 9 heteroatoms. The Bertz CT molecular complexity index is 1380. The molecule has 3 N–H and O–H groups in total. The first-order valence-electron chi connectivity index (χ1n) is 11.7. The first-order valence-corrected chi connectivity index (χ1v) is 11.7. The van der Waals surface area contributed by atoms with Crippen LogP contribution in [-0.2, 0) is 19.7 Å². The second kappa shape index (κ2) is 8.89. The minimum Gasteiger partial charge on any atom is -0.507 e. The first kappa shape index (κ1) is 25.1. The van der Waals surface area contributed by atoms with E-state index >= 15 is 0 Å². The number of ketones is 3. The molecule has 9 nitrogen and oxygen atoms in total. The van der Waals surface area contributed by atoms with E-state index in [0.717, 1.165) is 0 Å². The minimum absolute atomic E-state index is 0.0739. The van der Waals surface area contributed by atoms with Gasteiger partial charge in [-0.1, -0.05) is 6.92 Å². The van der Waals surface area contributed by atoms with Gasteiger partial charge in [0.05, 0.1) is 6.54 Å². The summed E-state index contributed by atoms with van der Waals surface area (Å²) in [6.45, 7) is 7.33. The number of fused-ring (bicyclic) bond motifs is 4. The maximum atomic E-state index is 13.3. The Kier molecular flexibility index (Phi) is 6.20. The van der Waals surface area contributed by atoms with Gasteiger partial charge < -0.3 is 20.3 Å². The molecule has 4 rings (SSSR count). The van der Waals surface area contributed by atoms with E-state index in [1.54, 1.807) is 33.8 Å². The van der Waals surface area contributed by atoms with Crippen LogP contribution < -0.4 is 5.32 Å². The summed E-state index contributed by atoms with van der Waals surface area (Å²) in [5.74, 6) is -2.06. The van der Waals surface area contributed by atoms with Crippen LogP contribution in [0.1, 0.15) is 56.5 Å². The van der Waals surface area contributed by atoms with Crippen LogP contribution in [0.15, 0.2) is 40.4 Å². The normalized spacial score (nSPS) is 20.1. The third kappa shape index (κ3) is 4.36. The molecule has 2 aromatic rings. The number of rotatable bonds is 4. The van der Waals surface area contributed by atoms with Crippen LogP contribution in [0.3, 0.4) is 0 Å². The van der Waals surface area contributed by atoms with Crippen LogP contribution in [0, 0.1) is 0 Å². The number of benzene rings is 2. The van der Waals surface area contributed by atoms with Crippen molar-refractivity contribution in [1.82, 2.24) is 5.32 Å². The summed E-state index contributed by atoms with van der Waals surface area (Å²) in [4.78, 5) is 55.2. The number of alkyl carbamates (subject to hydrolysis) is 1. The zero-order valence-electron chi connectivity index (χ0n) is 20.6. The van der Waals surface area contributed by atoms with Crippen LogP contribution in [0.25, 0.3) is 10.8 Å². The molecule has 0 saturated heterocycles. The molecular formula is C27H28N2O7. The SMILES string of the molecule is CC(C)(C)OC(=O)NCCN=CC1=C2C(=O)C(=O)c3cc4c(O)ccc(O)c4cc3[C@]2(C)CCC1=O. The minimum atomic E-state index is -0.962. The van der Waals surface area contributed by atoms with Gasteiger partial charge in [0.2, 0.25) is 11.6 Å². The lowest BCUT2D eigenvalue weighted by atomic mass is 9.60. The van der Waals surface area contributed by atoms with E-state index < -0.39 is 28.7 Å². The molecule has 0 bridgehead atoms. The number of carbonyl (C=O) groups is 4. The number of amides is 1. The molecule has 2 aromatic carbocycles. The van der Waals surface area contributed by atoms with Crippen molar-refractivity contribution in [2.45, 2.75) is 51.6 Å². The van der Waals surface area contributed by atoms with Crippen molar-refractivity contribution < 1.29 is 34.1 Å². The molecular weight excluding hydrogens is 464 g/mol. The van der Waals surface area contributed by atoms with Gasteiger partial charge in [-0.3, -0.25) is 19.4 Å². The van der Waals surface area contributed by atoms with E-state index in [-0.39, 0.29) is 58.9 Å². The third-order valence-electron chi connectivity index (χ3n) is 6.48. The Morgan fingerprint density at radius 1 is 1.11 bits per heavy atom. The fraction of sp³-hybridized carbons (Fsp3) is 0.370. The highest BCUT2D eigenvalue weighted by Gasteiger charge is 2.49. The van der Waals surface area contributed by atoms with Crippen molar-refractivity contribution in [2.24, 2.45) is 4.99 Å². The maximum absolute atomic E-state index is 13.3. The van der Waals surface area contributed by atoms with E-state index in [4.69, 9.17) is 4.74 Å². The van der Waals surface area contributed by atoms with E-state index in [0.29, 0.717) is 17.4 Å². The summed E-state index contributed by atoms with van der Waals surface area (Å²) >= 11 is 0. The average Bonchev–Trinajstić information content (AvgIpc) is 2.80. The van der Waals surface area contributed by atoms with Gasteiger partial charge in [-0.15, -0.1) is 0 Å². The van der Waals surface area contributed by atoms with Gasteiger partial charge in [0.15, 0.2) is 5.78 Å². The van der Waals surface area contributed by atoms with Crippen molar-refractivity contribution in [3.63, 3.8) is 0 Å². The zero-order chi connectivity index (χ0) is 26.4. The predicted octanol–water partition coefficient (Wildman–Crippen LogP) is 3.53. The number of hydrogen-bond acceptors (Lipinski definition) is 8. The van der Waals surface area contributed by atoms with Gasteiger partial charge in [0, 0.05) is 52.1 Å². The number of phenolic OH excluding ortho intramolecular Hbond substituents is 2. The Hall–Kier alpha value is -4.01. The lowest BCUT2D eigenvalue weighted by molar-refractivity contribution is -0.118. The number of ether oxygens (including phenoxy) is 1. The van der Waals surface area contributed by atoms with Gasteiger partial charge >= 0.3 is 6.09 Å². The monoisotopic (exact) mass is 492 g/mol. The molecule has 0 spiro atoms. The van der Waals surface area contributed by atoms with Crippen molar-refractivity contribution >= 4 is 40.4 Å². The number of aliphatic imine (C=N–C) groups is 1. The highest BCUT2D eigenvalue weighted by Crippen LogP contribution is 2.49. The molecule has 0 radical (unpaired) electrons. The Labute approximate surface area is 207 Å². The summed E-state index contributed by atoms with van der Waals surface area (Å²) in [6.07, 6.45) is 1.15. The van der Waals surface area contributed by atoms with E-state index in [9.17, 15) is 29.4 Å². The Morgan fingerprint density at radius 2 is 1.75 bits per heavy atom. The number of carbonyl (C=O) groups excluding carboxylic acids is 4. The van der Waals surface area contributed by atoms with Gasteiger partial charge in [-0.05, 0) is 57.0 Å². The lowest BCUT2D eigenvalue weighted by Crippen LogP contribution is -2.44. The highest BCUT2D eigenvalue weighted by molar-refractivity contribution is 6.53. The average molecular weight is 493 g/mol. The third-order valence-corrected chi connectivity index (χ3v) is 6.48. The molecule has 0 saturated carbocycles.